The minimum absolute atomic E-state index is 0. The molecule has 0 aromatic rings. The molecule has 0 aliphatic rings. The van der Waals surface area contributed by atoms with E-state index in [1.807, 2.05) is 0 Å². The fourth-order valence-corrected chi connectivity index (χ4v) is 0. The first-order valence-corrected chi connectivity index (χ1v) is 3.05. The van der Waals surface area contributed by atoms with Crippen LogP contribution in [0.2, 0.25) is 0 Å². The average molecular weight is 146 g/mol. The van der Waals surface area contributed by atoms with E-state index in [4.69, 9.17) is 5.14 Å². The molecule has 6 heteroatoms. The molecule has 0 heterocycles. The number of hydrogen-bond donors (Lipinski definition) is 0. The molecule has 4 nitrogen and oxygen atoms in total. The van der Waals surface area contributed by atoms with E-state index >= 15 is 0 Å². The van der Waals surface area contributed by atoms with Crippen LogP contribution in [0.3, 0.4) is 0 Å². The van der Waals surface area contributed by atoms with Crippen molar-refractivity contribution in [3.8, 4) is 0 Å². The molecule has 0 radical (unpaired) electrons. The van der Waals surface area contributed by atoms with Crippen molar-refractivity contribution in [1.82, 2.24) is 4.31 Å². The van der Waals surface area contributed by atoms with Crippen LogP contribution < -0.4 is 29.6 Å². The molecule has 0 aromatic carbocycles. The molecule has 8 heavy (non-hydrogen) atoms. The second-order valence-corrected chi connectivity index (χ2v) is 2.97. The Morgan fingerprint density at radius 2 is 1.50 bits per heavy atom. The van der Waals surface area contributed by atoms with Gasteiger partial charge in [0.05, 0.1) is 0 Å². The molecule has 0 atom stereocenters. The van der Waals surface area contributed by atoms with Gasteiger partial charge in [-0.05, 0) is 0 Å². The third-order valence-corrected chi connectivity index (χ3v) is 1.44. The molecular weight excluding hydrogens is 139 g/mol. The van der Waals surface area contributed by atoms with Crippen LogP contribution in [-0.4, -0.2) is 26.8 Å². The molecule has 0 rings (SSSR count). The molecule has 0 bridgehead atoms. The first-order valence-electron chi connectivity index (χ1n) is 1.61. The van der Waals surface area contributed by atoms with Crippen LogP contribution in [0.1, 0.15) is 0 Å². The average Bonchev–Trinajstić information content (AvgIpc) is 1.31. The molecule has 44 valence electrons. The zero-order chi connectivity index (χ0) is 6.08. The van der Waals surface area contributed by atoms with E-state index in [1.165, 1.54) is 14.1 Å². The van der Waals surface area contributed by atoms with E-state index in [0.717, 1.165) is 4.31 Å². The maximum atomic E-state index is 9.92. The van der Waals surface area contributed by atoms with Crippen molar-refractivity contribution in [3.05, 3.63) is 5.14 Å². The van der Waals surface area contributed by atoms with Crippen molar-refractivity contribution < 1.29 is 38.0 Å². The number of nitrogens with zero attached hydrogens (tertiary/aromatic N) is 1. The van der Waals surface area contributed by atoms with Crippen LogP contribution in [0, 0.1) is 0 Å². The molecule has 0 fully saturated rings. The van der Waals surface area contributed by atoms with Gasteiger partial charge < -0.3 is 5.14 Å². The van der Waals surface area contributed by atoms with Gasteiger partial charge in [-0.25, -0.2) is 12.7 Å². The van der Waals surface area contributed by atoms with Gasteiger partial charge in [0.25, 0.3) is 0 Å². The summed E-state index contributed by atoms with van der Waals surface area (Å²) in [6.45, 7) is 0. The predicted octanol–water partition coefficient (Wildman–Crippen LogP) is -3.15. The second kappa shape index (κ2) is 3.81. The minimum atomic E-state index is -3.66. The summed E-state index contributed by atoms with van der Waals surface area (Å²) in [5.74, 6) is 0. The fourth-order valence-electron chi connectivity index (χ4n) is 0. The zero-order valence-corrected chi connectivity index (χ0v) is 7.99. The second-order valence-electron chi connectivity index (χ2n) is 1.29. The summed E-state index contributed by atoms with van der Waals surface area (Å²) in [6, 6.07) is 0. The quantitative estimate of drug-likeness (QED) is 0.367. The first kappa shape index (κ1) is 11.6. The number of nitrogens with one attached hydrogen (secondary N) is 1. The maximum Gasteiger partial charge on any atom is 1.00 e. The smallest absolute Gasteiger partial charge is 0.550 e. The summed E-state index contributed by atoms with van der Waals surface area (Å²) < 4.78 is 20.7. The van der Waals surface area contributed by atoms with E-state index < -0.39 is 10.2 Å². The van der Waals surface area contributed by atoms with Crippen molar-refractivity contribution in [2.45, 2.75) is 0 Å². The van der Waals surface area contributed by atoms with Crippen LogP contribution in [0.5, 0.6) is 0 Å². The van der Waals surface area contributed by atoms with Gasteiger partial charge in [0.15, 0.2) is 0 Å². The Hall–Kier alpha value is 0.870. The van der Waals surface area contributed by atoms with Crippen molar-refractivity contribution in [1.29, 1.82) is 0 Å². The SMILES string of the molecule is CN(C)S([NH-])(=O)=O.[Na+]. The van der Waals surface area contributed by atoms with Gasteiger partial charge in [-0.2, -0.15) is 0 Å². The Balaban J connectivity index is 0. The van der Waals surface area contributed by atoms with Crippen molar-refractivity contribution in [3.63, 3.8) is 0 Å². The summed E-state index contributed by atoms with van der Waals surface area (Å²) in [5.41, 5.74) is 0. The van der Waals surface area contributed by atoms with Gasteiger partial charge in [0.1, 0.15) is 10.2 Å². The van der Waals surface area contributed by atoms with Crippen LogP contribution >= 0.6 is 0 Å². The standard InChI is InChI=1S/C2H7N2O2S.Na/c1-4(2)7(3,5)6;/h1-2H3,(H-,3,5,6);/q-1;+1. The molecule has 0 unspecified atom stereocenters. The van der Waals surface area contributed by atoms with Gasteiger partial charge in [-0.3, -0.25) is 0 Å². The Morgan fingerprint density at radius 1 is 1.38 bits per heavy atom. The third-order valence-electron chi connectivity index (χ3n) is 0.481. The van der Waals surface area contributed by atoms with Gasteiger partial charge in [0, 0.05) is 14.1 Å². The summed E-state index contributed by atoms with van der Waals surface area (Å²) in [6.07, 6.45) is 0. The van der Waals surface area contributed by atoms with E-state index in [0.29, 0.717) is 0 Å². The molecule has 0 amide bonds. The molecule has 1 N–H and O–H groups in total. The molecule has 0 aliphatic carbocycles. The molecule has 0 saturated carbocycles. The number of hydrogen-bond acceptors (Lipinski definition) is 2. The van der Waals surface area contributed by atoms with Crippen molar-refractivity contribution in [2.75, 3.05) is 14.1 Å². The topological polar surface area (TPSA) is 61.2 Å². The Bertz CT molecular complexity index is 140. The zero-order valence-electron chi connectivity index (χ0n) is 5.17. The predicted molar refractivity (Wildman–Crippen MR) is 26.9 cm³/mol. The maximum absolute atomic E-state index is 9.92. The minimum Gasteiger partial charge on any atom is -0.550 e. The largest absolute Gasteiger partial charge is 1.00 e. The van der Waals surface area contributed by atoms with Crippen molar-refractivity contribution >= 4 is 10.2 Å². The van der Waals surface area contributed by atoms with Crippen LogP contribution in [-0.2, 0) is 10.2 Å². The van der Waals surface area contributed by atoms with E-state index in [9.17, 15) is 8.42 Å². The van der Waals surface area contributed by atoms with Gasteiger partial charge in [0.2, 0.25) is 0 Å². The fraction of sp³-hybridized carbons (Fsp3) is 1.00. The Labute approximate surface area is 71.5 Å². The van der Waals surface area contributed by atoms with Gasteiger partial charge in [-0.15, -0.1) is 0 Å². The van der Waals surface area contributed by atoms with Gasteiger partial charge >= 0.3 is 29.6 Å². The number of rotatable bonds is 1. The summed E-state index contributed by atoms with van der Waals surface area (Å²) >= 11 is 0. The van der Waals surface area contributed by atoms with E-state index in [-0.39, 0.29) is 29.6 Å². The third kappa shape index (κ3) is 5.02. The Morgan fingerprint density at radius 3 is 1.50 bits per heavy atom. The summed E-state index contributed by atoms with van der Waals surface area (Å²) in [7, 11) is -1.04. The summed E-state index contributed by atoms with van der Waals surface area (Å²) in [5, 5.41) is 6.28. The van der Waals surface area contributed by atoms with Crippen LogP contribution in [0.25, 0.3) is 5.14 Å². The van der Waals surface area contributed by atoms with Crippen molar-refractivity contribution in [2.24, 2.45) is 0 Å². The normalized spacial score (nSPS) is 11.0. The monoisotopic (exact) mass is 146 g/mol. The molecule has 0 aromatic heterocycles. The first-order chi connectivity index (χ1) is 2.94. The Kier molecular flexibility index (Phi) is 5.55. The summed E-state index contributed by atoms with van der Waals surface area (Å²) in [4.78, 5) is 0. The molecule has 0 saturated heterocycles. The van der Waals surface area contributed by atoms with Crippen LogP contribution in [0.4, 0.5) is 0 Å². The van der Waals surface area contributed by atoms with Gasteiger partial charge in [-0.1, -0.05) is 0 Å². The van der Waals surface area contributed by atoms with E-state index in [1.54, 1.807) is 0 Å². The molecule has 0 aliphatic heterocycles. The molecular formula is C2H7N2NaO2S. The van der Waals surface area contributed by atoms with Crippen LogP contribution in [0.15, 0.2) is 0 Å². The molecule has 0 spiro atoms. The van der Waals surface area contributed by atoms with E-state index in [2.05, 4.69) is 0 Å².